The molecule has 2 rings (SSSR count). The summed E-state index contributed by atoms with van der Waals surface area (Å²) >= 11 is 0. The summed E-state index contributed by atoms with van der Waals surface area (Å²) in [5, 5.41) is 0. The van der Waals surface area contributed by atoms with Crippen LogP contribution in [0, 0.1) is 6.92 Å². The minimum absolute atomic E-state index is 0.982. The van der Waals surface area contributed by atoms with Gasteiger partial charge in [-0.15, -0.1) is 0 Å². The van der Waals surface area contributed by atoms with Gasteiger partial charge in [-0.3, -0.25) is 9.97 Å². The summed E-state index contributed by atoms with van der Waals surface area (Å²) in [6.45, 7) is 4.21. The van der Waals surface area contributed by atoms with Gasteiger partial charge in [0.2, 0.25) is 0 Å². The Hall–Kier alpha value is -1.44. The number of hydrogen-bond acceptors (Lipinski definition) is 2. The van der Waals surface area contributed by atoms with Gasteiger partial charge in [-0.1, -0.05) is 13.3 Å². The molecule has 0 radical (unpaired) electrons. The summed E-state index contributed by atoms with van der Waals surface area (Å²) in [6, 6.07) is 6.20. The molecule has 0 spiro atoms. The van der Waals surface area contributed by atoms with Crippen LogP contribution in [0.4, 0.5) is 0 Å². The maximum Gasteiger partial charge on any atom is 0.0892 e. The van der Waals surface area contributed by atoms with Crippen LogP contribution in [0.5, 0.6) is 0 Å². The van der Waals surface area contributed by atoms with Crippen molar-refractivity contribution in [2.45, 2.75) is 26.7 Å². The van der Waals surface area contributed by atoms with Gasteiger partial charge in [0.05, 0.1) is 11.0 Å². The number of nitrogens with zero attached hydrogens (tertiary/aromatic N) is 2. The average Bonchev–Trinajstić information content (AvgIpc) is 2.17. The summed E-state index contributed by atoms with van der Waals surface area (Å²) in [4.78, 5) is 8.88. The summed E-state index contributed by atoms with van der Waals surface area (Å²) in [7, 11) is 0. The van der Waals surface area contributed by atoms with Gasteiger partial charge in [0.25, 0.3) is 0 Å². The third-order valence-corrected chi connectivity index (χ3v) is 2.24. The van der Waals surface area contributed by atoms with E-state index < -0.39 is 0 Å². The lowest BCUT2D eigenvalue weighted by Gasteiger charge is -2.01. The maximum absolute atomic E-state index is 4.56. The first kappa shape index (κ1) is 9.13. The van der Waals surface area contributed by atoms with Crippen molar-refractivity contribution in [1.29, 1.82) is 0 Å². The molecule has 14 heavy (non-hydrogen) atoms. The molecule has 2 heteroatoms. The SMILES string of the molecule is CCCc1ccc2ncc(C)cc2n1. The lowest BCUT2D eigenvalue weighted by molar-refractivity contribution is 0.889. The Bertz CT molecular complexity index is 449. The van der Waals surface area contributed by atoms with Crippen molar-refractivity contribution in [3.63, 3.8) is 0 Å². The van der Waals surface area contributed by atoms with E-state index in [0.717, 1.165) is 29.6 Å². The third kappa shape index (κ3) is 1.74. The molecule has 0 saturated heterocycles. The number of rotatable bonds is 2. The molecule has 0 N–H and O–H groups in total. The van der Waals surface area contributed by atoms with Crippen LogP contribution in [0.3, 0.4) is 0 Å². The van der Waals surface area contributed by atoms with Crippen LogP contribution in [-0.4, -0.2) is 9.97 Å². The second kappa shape index (κ2) is 3.74. The molecule has 0 unspecified atom stereocenters. The van der Waals surface area contributed by atoms with Crippen LogP contribution in [0.25, 0.3) is 11.0 Å². The molecule has 0 aliphatic carbocycles. The van der Waals surface area contributed by atoms with Crippen molar-refractivity contribution in [2.75, 3.05) is 0 Å². The molecule has 0 atom stereocenters. The zero-order chi connectivity index (χ0) is 9.97. The molecule has 0 aliphatic heterocycles. The van der Waals surface area contributed by atoms with E-state index in [1.807, 2.05) is 19.2 Å². The van der Waals surface area contributed by atoms with Crippen molar-refractivity contribution < 1.29 is 0 Å². The zero-order valence-electron chi connectivity index (χ0n) is 8.62. The summed E-state index contributed by atoms with van der Waals surface area (Å²) in [6.07, 6.45) is 4.06. The topological polar surface area (TPSA) is 25.8 Å². The van der Waals surface area contributed by atoms with E-state index in [2.05, 4.69) is 29.0 Å². The average molecular weight is 186 g/mol. The monoisotopic (exact) mass is 186 g/mol. The first-order valence-corrected chi connectivity index (χ1v) is 5.02. The molecule has 0 saturated carbocycles. The highest BCUT2D eigenvalue weighted by atomic mass is 14.8. The van der Waals surface area contributed by atoms with Gasteiger partial charge < -0.3 is 0 Å². The molecule has 72 valence electrons. The number of pyridine rings is 2. The fourth-order valence-electron chi connectivity index (χ4n) is 1.54. The highest BCUT2D eigenvalue weighted by Crippen LogP contribution is 2.12. The van der Waals surface area contributed by atoms with Crippen molar-refractivity contribution in [3.8, 4) is 0 Å². The fourth-order valence-corrected chi connectivity index (χ4v) is 1.54. The molecule has 2 nitrogen and oxygen atoms in total. The molecule has 0 fully saturated rings. The van der Waals surface area contributed by atoms with Gasteiger partial charge in [0, 0.05) is 11.9 Å². The van der Waals surface area contributed by atoms with Crippen molar-refractivity contribution >= 4 is 11.0 Å². The lowest BCUT2D eigenvalue weighted by Crippen LogP contribution is -1.91. The molecular weight excluding hydrogens is 172 g/mol. The van der Waals surface area contributed by atoms with Gasteiger partial charge in [-0.05, 0) is 37.1 Å². The van der Waals surface area contributed by atoms with Crippen LogP contribution < -0.4 is 0 Å². The van der Waals surface area contributed by atoms with Crippen LogP contribution in [0.1, 0.15) is 24.6 Å². The summed E-state index contributed by atoms with van der Waals surface area (Å²) in [5.41, 5.74) is 4.32. The molecule has 0 aromatic carbocycles. The van der Waals surface area contributed by atoms with Crippen LogP contribution in [-0.2, 0) is 6.42 Å². The maximum atomic E-state index is 4.56. The van der Waals surface area contributed by atoms with E-state index in [4.69, 9.17) is 0 Å². The summed E-state index contributed by atoms with van der Waals surface area (Å²) < 4.78 is 0. The molecular formula is C12H14N2. The first-order chi connectivity index (χ1) is 6.79. The Morgan fingerprint density at radius 3 is 2.86 bits per heavy atom. The van der Waals surface area contributed by atoms with Crippen LogP contribution >= 0.6 is 0 Å². The smallest absolute Gasteiger partial charge is 0.0892 e. The molecule has 0 aliphatic rings. The van der Waals surface area contributed by atoms with Crippen molar-refractivity contribution in [2.24, 2.45) is 0 Å². The highest BCUT2D eigenvalue weighted by Gasteiger charge is 1.98. The Morgan fingerprint density at radius 2 is 2.07 bits per heavy atom. The third-order valence-electron chi connectivity index (χ3n) is 2.24. The number of fused-ring (bicyclic) bond motifs is 1. The van der Waals surface area contributed by atoms with E-state index in [1.165, 1.54) is 5.56 Å². The Labute approximate surface area is 84.0 Å². The molecule has 0 bridgehead atoms. The molecule has 2 heterocycles. The summed E-state index contributed by atoms with van der Waals surface area (Å²) in [5.74, 6) is 0. The standard InChI is InChI=1S/C12H14N2/c1-3-4-10-5-6-11-12(14-10)7-9(2)8-13-11/h5-8H,3-4H2,1-2H3. The van der Waals surface area contributed by atoms with Gasteiger partial charge in [0.15, 0.2) is 0 Å². The van der Waals surface area contributed by atoms with E-state index in [9.17, 15) is 0 Å². The number of aromatic nitrogens is 2. The van der Waals surface area contributed by atoms with E-state index in [1.54, 1.807) is 0 Å². The minimum atomic E-state index is 0.982. The second-order valence-electron chi connectivity index (χ2n) is 3.60. The number of aryl methyl sites for hydroxylation is 2. The van der Waals surface area contributed by atoms with Gasteiger partial charge in [-0.25, -0.2) is 0 Å². The van der Waals surface area contributed by atoms with E-state index in [0.29, 0.717) is 0 Å². The normalized spacial score (nSPS) is 10.7. The Balaban J connectivity index is 2.52. The molecule has 0 amide bonds. The second-order valence-corrected chi connectivity index (χ2v) is 3.60. The predicted molar refractivity (Wildman–Crippen MR) is 58.3 cm³/mol. The van der Waals surface area contributed by atoms with Gasteiger partial charge in [0.1, 0.15) is 0 Å². The number of hydrogen-bond donors (Lipinski definition) is 0. The highest BCUT2D eigenvalue weighted by molar-refractivity contribution is 5.74. The van der Waals surface area contributed by atoms with Crippen molar-refractivity contribution in [3.05, 3.63) is 35.7 Å². The quantitative estimate of drug-likeness (QED) is 0.720. The predicted octanol–water partition coefficient (Wildman–Crippen LogP) is 2.89. The molecule has 2 aromatic heterocycles. The fraction of sp³-hybridized carbons (Fsp3) is 0.333. The van der Waals surface area contributed by atoms with E-state index in [-0.39, 0.29) is 0 Å². The van der Waals surface area contributed by atoms with Gasteiger partial charge in [-0.2, -0.15) is 0 Å². The minimum Gasteiger partial charge on any atom is -0.254 e. The Kier molecular flexibility index (Phi) is 2.44. The first-order valence-electron chi connectivity index (χ1n) is 5.02. The molecule has 2 aromatic rings. The van der Waals surface area contributed by atoms with Crippen LogP contribution in [0.15, 0.2) is 24.4 Å². The van der Waals surface area contributed by atoms with Gasteiger partial charge >= 0.3 is 0 Å². The largest absolute Gasteiger partial charge is 0.254 e. The van der Waals surface area contributed by atoms with Crippen molar-refractivity contribution in [1.82, 2.24) is 9.97 Å². The van der Waals surface area contributed by atoms with Crippen LogP contribution in [0.2, 0.25) is 0 Å². The zero-order valence-corrected chi connectivity index (χ0v) is 8.62. The Morgan fingerprint density at radius 1 is 1.21 bits per heavy atom. The lowest BCUT2D eigenvalue weighted by atomic mass is 10.2. The van der Waals surface area contributed by atoms with E-state index >= 15 is 0 Å².